The molecule has 0 saturated carbocycles. The monoisotopic (exact) mass is 395 g/mol. The van der Waals surface area contributed by atoms with Gasteiger partial charge >= 0.3 is 5.97 Å². The van der Waals surface area contributed by atoms with Crippen LogP contribution < -0.4 is 4.74 Å². The van der Waals surface area contributed by atoms with Crippen molar-refractivity contribution in [2.45, 2.75) is 33.7 Å². The van der Waals surface area contributed by atoms with Gasteiger partial charge in [-0.3, -0.25) is 9.59 Å². The number of rotatable bonds is 9. The molecule has 0 radical (unpaired) electrons. The average Bonchev–Trinajstić information content (AvgIpc) is 3.31. The Labute approximate surface area is 170 Å². The normalized spacial score (nSPS) is 10.7. The molecule has 0 aliphatic rings. The summed E-state index contributed by atoms with van der Waals surface area (Å²) in [7, 11) is 0. The van der Waals surface area contributed by atoms with Crippen molar-refractivity contribution in [3.8, 4) is 5.75 Å². The van der Waals surface area contributed by atoms with Crippen LogP contribution in [0.4, 0.5) is 0 Å². The Morgan fingerprint density at radius 3 is 2.52 bits per heavy atom. The van der Waals surface area contributed by atoms with E-state index in [0.29, 0.717) is 17.9 Å². The average molecular weight is 395 g/mol. The number of ketones is 1. The number of Topliss-reactive ketones (excluding diaryl/α,β-unsaturated/α-hetero) is 1. The Kier molecular flexibility index (Phi) is 6.54. The number of ether oxygens (including phenoxy) is 2. The summed E-state index contributed by atoms with van der Waals surface area (Å²) < 4.78 is 18.0. The molecule has 0 N–H and O–H groups in total. The third-order valence-corrected chi connectivity index (χ3v) is 4.73. The Bertz CT molecular complexity index is 968. The number of carbonyl (C=O) groups is 2. The number of esters is 1. The van der Waals surface area contributed by atoms with Crippen LogP contribution in [-0.2, 0) is 16.1 Å². The van der Waals surface area contributed by atoms with E-state index >= 15 is 0 Å². The van der Waals surface area contributed by atoms with Crippen molar-refractivity contribution in [1.29, 1.82) is 0 Å². The lowest BCUT2D eigenvalue weighted by atomic mass is 10.1. The van der Waals surface area contributed by atoms with E-state index in [9.17, 15) is 9.59 Å². The van der Waals surface area contributed by atoms with Gasteiger partial charge in [-0.05, 0) is 51.1 Å². The molecule has 0 saturated heterocycles. The summed E-state index contributed by atoms with van der Waals surface area (Å²) in [5.74, 6) is 0.820. The van der Waals surface area contributed by atoms with E-state index in [4.69, 9.17) is 13.9 Å². The maximum absolute atomic E-state index is 12.5. The van der Waals surface area contributed by atoms with Crippen LogP contribution in [0.5, 0.6) is 5.75 Å². The topological polar surface area (TPSA) is 70.7 Å². The molecular formula is C23H25NO5. The number of aryl methyl sites for hydroxylation is 2. The summed E-state index contributed by atoms with van der Waals surface area (Å²) in [6, 6.07) is 13.1. The molecule has 0 atom stereocenters. The second-order valence-electron chi connectivity index (χ2n) is 6.95. The zero-order valence-corrected chi connectivity index (χ0v) is 16.9. The number of furan rings is 1. The van der Waals surface area contributed by atoms with Gasteiger partial charge in [0.15, 0.2) is 6.61 Å². The molecule has 6 nitrogen and oxygen atoms in total. The summed E-state index contributed by atoms with van der Waals surface area (Å²) in [6.07, 6.45) is 1.70. The van der Waals surface area contributed by atoms with Crippen molar-refractivity contribution in [2.75, 3.05) is 13.2 Å². The summed E-state index contributed by atoms with van der Waals surface area (Å²) in [5, 5.41) is 0. The summed E-state index contributed by atoms with van der Waals surface area (Å²) in [4.78, 5) is 24.4. The lowest BCUT2D eigenvalue weighted by Crippen LogP contribution is -2.16. The van der Waals surface area contributed by atoms with Gasteiger partial charge in [0.2, 0.25) is 5.78 Å². The van der Waals surface area contributed by atoms with Crippen molar-refractivity contribution in [3.63, 3.8) is 0 Å². The van der Waals surface area contributed by atoms with E-state index < -0.39 is 5.97 Å². The van der Waals surface area contributed by atoms with Gasteiger partial charge in [-0.15, -0.1) is 0 Å². The first-order valence-corrected chi connectivity index (χ1v) is 9.51. The van der Waals surface area contributed by atoms with Gasteiger partial charge in [0.05, 0.1) is 25.8 Å². The molecule has 29 heavy (non-hydrogen) atoms. The minimum absolute atomic E-state index is 0.0820. The van der Waals surface area contributed by atoms with E-state index in [-0.39, 0.29) is 25.4 Å². The Morgan fingerprint density at radius 2 is 1.83 bits per heavy atom. The fourth-order valence-corrected chi connectivity index (χ4v) is 3.07. The largest absolute Gasteiger partial charge is 0.493 e. The molecule has 152 valence electrons. The molecule has 1 aromatic carbocycles. The molecule has 2 aromatic heterocycles. The van der Waals surface area contributed by atoms with E-state index in [1.807, 2.05) is 67.8 Å². The maximum Gasteiger partial charge on any atom is 0.309 e. The fraction of sp³-hybridized carbons (Fsp3) is 0.304. The first-order chi connectivity index (χ1) is 13.9. The molecule has 0 fully saturated rings. The minimum atomic E-state index is -0.463. The molecule has 6 heteroatoms. The first-order valence-electron chi connectivity index (χ1n) is 9.51. The lowest BCUT2D eigenvalue weighted by Gasteiger charge is -2.08. The second-order valence-corrected chi connectivity index (χ2v) is 6.95. The van der Waals surface area contributed by atoms with Gasteiger partial charge in [-0.2, -0.15) is 0 Å². The third kappa shape index (κ3) is 5.38. The zero-order valence-electron chi connectivity index (χ0n) is 16.9. The maximum atomic E-state index is 12.5. The summed E-state index contributed by atoms with van der Waals surface area (Å²) in [6.45, 7) is 6.27. The molecule has 0 aliphatic heterocycles. The van der Waals surface area contributed by atoms with Crippen LogP contribution in [0.25, 0.3) is 0 Å². The van der Waals surface area contributed by atoms with Gasteiger partial charge in [-0.1, -0.05) is 17.7 Å². The molecule has 3 aromatic rings. The highest BCUT2D eigenvalue weighted by molar-refractivity contribution is 5.99. The van der Waals surface area contributed by atoms with Gasteiger partial charge in [0.1, 0.15) is 11.5 Å². The zero-order chi connectivity index (χ0) is 20.8. The van der Waals surface area contributed by atoms with Crippen LogP contribution in [0.2, 0.25) is 0 Å². The molecule has 0 spiro atoms. The summed E-state index contributed by atoms with van der Waals surface area (Å²) >= 11 is 0. The fourth-order valence-electron chi connectivity index (χ4n) is 3.07. The van der Waals surface area contributed by atoms with Crippen LogP contribution in [0, 0.1) is 20.8 Å². The van der Waals surface area contributed by atoms with Crippen molar-refractivity contribution in [3.05, 3.63) is 77.0 Å². The highest BCUT2D eigenvalue weighted by atomic mass is 16.5. The van der Waals surface area contributed by atoms with Gasteiger partial charge < -0.3 is 18.5 Å². The van der Waals surface area contributed by atoms with Crippen LogP contribution in [0.15, 0.2) is 53.1 Å². The number of hydrogen-bond donors (Lipinski definition) is 0. The van der Waals surface area contributed by atoms with Gasteiger partial charge in [-0.25, -0.2) is 0 Å². The van der Waals surface area contributed by atoms with Gasteiger partial charge in [0.25, 0.3) is 0 Å². The van der Waals surface area contributed by atoms with E-state index in [1.165, 1.54) is 0 Å². The SMILES string of the molecule is Cc1ccc(OCCC(=O)OCC(=O)c2cc(C)n(Cc3ccco3)c2C)cc1. The molecule has 0 bridgehead atoms. The number of nitrogens with zero attached hydrogens (tertiary/aromatic N) is 1. The van der Waals surface area contributed by atoms with Crippen molar-refractivity contribution in [1.82, 2.24) is 4.57 Å². The first kappa shape index (κ1) is 20.5. The van der Waals surface area contributed by atoms with Crippen LogP contribution in [0.1, 0.15) is 39.5 Å². The van der Waals surface area contributed by atoms with Crippen molar-refractivity contribution < 1.29 is 23.5 Å². The number of benzene rings is 1. The predicted molar refractivity (Wildman–Crippen MR) is 108 cm³/mol. The minimum Gasteiger partial charge on any atom is -0.493 e. The molecule has 0 aliphatic carbocycles. The Hall–Kier alpha value is -3.28. The number of aromatic nitrogens is 1. The Balaban J connectivity index is 1.48. The molecule has 0 unspecified atom stereocenters. The second kappa shape index (κ2) is 9.28. The quantitative estimate of drug-likeness (QED) is 0.400. The van der Waals surface area contributed by atoms with Crippen LogP contribution in [-0.4, -0.2) is 29.5 Å². The number of carbonyl (C=O) groups excluding carboxylic acids is 2. The van der Waals surface area contributed by atoms with Crippen LogP contribution in [0.3, 0.4) is 0 Å². The highest BCUT2D eigenvalue weighted by Gasteiger charge is 2.18. The molecular weight excluding hydrogens is 370 g/mol. The molecule has 0 amide bonds. The Morgan fingerprint density at radius 1 is 1.07 bits per heavy atom. The van der Waals surface area contributed by atoms with E-state index in [1.54, 1.807) is 6.26 Å². The van der Waals surface area contributed by atoms with E-state index in [2.05, 4.69) is 0 Å². The predicted octanol–water partition coefficient (Wildman–Crippen LogP) is 4.25. The standard InChI is InChI=1S/C23H25NO5/c1-16-6-8-19(9-7-16)28-12-10-23(26)29-15-22(25)21-13-17(2)24(18(21)3)14-20-5-4-11-27-20/h4-9,11,13H,10,12,14-15H2,1-3H3. The third-order valence-electron chi connectivity index (χ3n) is 4.73. The van der Waals surface area contributed by atoms with Crippen molar-refractivity contribution >= 4 is 11.8 Å². The summed E-state index contributed by atoms with van der Waals surface area (Å²) in [5.41, 5.74) is 3.46. The van der Waals surface area contributed by atoms with Crippen LogP contribution >= 0.6 is 0 Å². The van der Waals surface area contributed by atoms with Gasteiger partial charge in [0, 0.05) is 17.0 Å². The molecule has 2 heterocycles. The molecule has 3 rings (SSSR count). The highest BCUT2D eigenvalue weighted by Crippen LogP contribution is 2.18. The van der Waals surface area contributed by atoms with Crippen molar-refractivity contribution in [2.24, 2.45) is 0 Å². The smallest absolute Gasteiger partial charge is 0.309 e. The lowest BCUT2D eigenvalue weighted by molar-refractivity contribution is -0.143. The van der Waals surface area contributed by atoms with E-state index in [0.717, 1.165) is 22.7 Å². The number of hydrogen-bond acceptors (Lipinski definition) is 5.